The summed E-state index contributed by atoms with van der Waals surface area (Å²) in [6.07, 6.45) is 0.445. The van der Waals surface area contributed by atoms with Crippen LogP contribution in [-0.4, -0.2) is 54.8 Å². The fraction of sp³-hybridized carbons (Fsp3) is 1.00. The van der Waals surface area contributed by atoms with Crippen LogP contribution < -0.4 is 4.72 Å². The normalized spacial score (nSPS) is 14.0. The van der Waals surface area contributed by atoms with Gasteiger partial charge in [-0.3, -0.25) is 0 Å². The van der Waals surface area contributed by atoms with Gasteiger partial charge in [-0.25, -0.2) is 13.1 Å². The van der Waals surface area contributed by atoms with Crippen molar-refractivity contribution >= 4 is 10.0 Å². The maximum absolute atomic E-state index is 11.7. The molecule has 0 spiro atoms. The van der Waals surface area contributed by atoms with Gasteiger partial charge in [0.25, 0.3) is 0 Å². The molecular weight excluding hydrogens is 246 g/mol. The summed E-state index contributed by atoms with van der Waals surface area (Å²) in [5.74, 6) is -0.113. The van der Waals surface area contributed by atoms with Crippen LogP contribution in [0.25, 0.3) is 0 Å². The summed E-state index contributed by atoms with van der Waals surface area (Å²) in [7, 11) is -3.64. The number of aliphatic hydroxyl groups is 3. The minimum atomic E-state index is -3.64. The van der Waals surface area contributed by atoms with Gasteiger partial charge < -0.3 is 15.3 Å². The third kappa shape index (κ3) is 6.32. The lowest BCUT2D eigenvalue weighted by atomic mass is 9.94. The highest BCUT2D eigenvalue weighted by atomic mass is 32.2. The standard InChI is InChI=1S/C10H23NO5S/c1-9(2,3)4-5-17(15,16)11-10(6-12,7-13)8-14/h11-14H,4-8H2,1-3H3. The highest BCUT2D eigenvalue weighted by Crippen LogP contribution is 2.19. The minimum absolute atomic E-state index is 0.113. The van der Waals surface area contributed by atoms with Crippen molar-refractivity contribution in [3.63, 3.8) is 0 Å². The molecule has 0 amide bonds. The van der Waals surface area contributed by atoms with Gasteiger partial charge in [0, 0.05) is 0 Å². The molecule has 0 fully saturated rings. The zero-order valence-corrected chi connectivity index (χ0v) is 11.4. The predicted octanol–water partition coefficient (Wildman–Crippen LogP) is -0.942. The Morgan fingerprint density at radius 3 is 1.71 bits per heavy atom. The molecule has 104 valence electrons. The molecule has 0 unspecified atom stereocenters. The van der Waals surface area contributed by atoms with E-state index in [1.54, 1.807) is 0 Å². The molecule has 0 aromatic carbocycles. The molecule has 0 aliphatic carbocycles. The third-order valence-electron chi connectivity index (χ3n) is 2.40. The average molecular weight is 269 g/mol. The van der Waals surface area contributed by atoms with Gasteiger partial charge in [-0.1, -0.05) is 20.8 Å². The van der Waals surface area contributed by atoms with Crippen molar-refractivity contribution < 1.29 is 23.7 Å². The van der Waals surface area contributed by atoms with E-state index in [4.69, 9.17) is 15.3 Å². The monoisotopic (exact) mass is 269 g/mol. The van der Waals surface area contributed by atoms with E-state index in [1.165, 1.54) is 0 Å². The second-order valence-electron chi connectivity index (χ2n) is 5.49. The summed E-state index contributed by atoms with van der Waals surface area (Å²) in [6.45, 7) is 3.78. The topological polar surface area (TPSA) is 107 Å². The summed E-state index contributed by atoms with van der Waals surface area (Å²) < 4.78 is 25.6. The van der Waals surface area contributed by atoms with Crippen LogP contribution >= 0.6 is 0 Å². The van der Waals surface area contributed by atoms with Crippen molar-refractivity contribution in [1.29, 1.82) is 0 Å². The van der Waals surface area contributed by atoms with Crippen LogP contribution in [0.15, 0.2) is 0 Å². The van der Waals surface area contributed by atoms with E-state index in [9.17, 15) is 8.42 Å². The van der Waals surface area contributed by atoms with Crippen LogP contribution in [-0.2, 0) is 10.0 Å². The lowest BCUT2D eigenvalue weighted by Crippen LogP contribution is -2.57. The van der Waals surface area contributed by atoms with Crippen LogP contribution in [0.5, 0.6) is 0 Å². The maximum Gasteiger partial charge on any atom is 0.212 e. The van der Waals surface area contributed by atoms with Crippen molar-refractivity contribution in [3.8, 4) is 0 Å². The van der Waals surface area contributed by atoms with Gasteiger partial charge in [0.2, 0.25) is 10.0 Å². The number of aliphatic hydroxyl groups excluding tert-OH is 3. The Labute approximate surface area is 103 Å². The molecule has 7 heteroatoms. The Kier molecular flexibility index (Phi) is 6.03. The van der Waals surface area contributed by atoms with Crippen LogP contribution in [0.3, 0.4) is 0 Å². The zero-order valence-electron chi connectivity index (χ0n) is 10.6. The lowest BCUT2D eigenvalue weighted by Gasteiger charge is -2.29. The van der Waals surface area contributed by atoms with Gasteiger partial charge in [0.15, 0.2) is 0 Å². The Morgan fingerprint density at radius 2 is 1.41 bits per heavy atom. The van der Waals surface area contributed by atoms with Crippen molar-refractivity contribution in [2.75, 3.05) is 25.6 Å². The number of hydrogen-bond acceptors (Lipinski definition) is 5. The molecule has 0 rings (SSSR count). The van der Waals surface area contributed by atoms with Crippen molar-refractivity contribution in [2.24, 2.45) is 5.41 Å². The first-order chi connectivity index (χ1) is 7.60. The largest absolute Gasteiger partial charge is 0.394 e. The molecule has 0 saturated carbocycles. The lowest BCUT2D eigenvalue weighted by molar-refractivity contribution is 0.0581. The van der Waals surface area contributed by atoms with Crippen LogP contribution in [0.4, 0.5) is 0 Å². The smallest absolute Gasteiger partial charge is 0.212 e. The average Bonchev–Trinajstić information content (AvgIpc) is 2.23. The molecule has 0 aromatic rings. The summed E-state index contributed by atoms with van der Waals surface area (Å²) in [5, 5.41) is 27.1. The third-order valence-corrected chi connectivity index (χ3v) is 3.89. The van der Waals surface area contributed by atoms with E-state index in [-0.39, 0.29) is 11.2 Å². The fourth-order valence-electron chi connectivity index (χ4n) is 1.07. The fourth-order valence-corrected chi connectivity index (χ4v) is 2.90. The second-order valence-corrected chi connectivity index (χ2v) is 7.33. The van der Waals surface area contributed by atoms with E-state index in [0.29, 0.717) is 6.42 Å². The molecule has 6 nitrogen and oxygen atoms in total. The number of nitrogens with one attached hydrogen (secondary N) is 1. The highest BCUT2D eigenvalue weighted by molar-refractivity contribution is 7.89. The highest BCUT2D eigenvalue weighted by Gasteiger charge is 2.33. The van der Waals surface area contributed by atoms with Crippen LogP contribution in [0, 0.1) is 5.41 Å². The van der Waals surface area contributed by atoms with Crippen LogP contribution in [0.2, 0.25) is 0 Å². The minimum Gasteiger partial charge on any atom is -0.394 e. The summed E-state index contributed by atoms with van der Waals surface area (Å²) in [4.78, 5) is 0. The Hall–Kier alpha value is -0.210. The molecule has 0 radical (unpaired) electrons. The molecule has 0 heterocycles. The first-order valence-corrected chi connectivity index (χ1v) is 7.09. The number of rotatable bonds is 7. The Bertz CT molecular complexity index is 308. The molecule has 0 aliphatic heterocycles. The SMILES string of the molecule is CC(C)(C)CCS(=O)(=O)NC(CO)(CO)CO. The van der Waals surface area contributed by atoms with E-state index in [0.717, 1.165) is 0 Å². The van der Waals surface area contributed by atoms with Crippen molar-refractivity contribution in [1.82, 2.24) is 4.72 Å². The van der Waals surface area contributed by atoms with E-state index >= 15 is 0 Å². The van der Waals surface area contributed by atoms with Crippen molar-refractivity contribution in [3.05, 3.63) is 0 Å². The summed E-state index contributed by atoms with van der Waals surface area (Å²) in [6, 6.07) is 0. The van der Waals surface area contributed by atoms with Gasteiger partial charge >= 0.3 is 0 Å². The zero-order chi connectivity index (χ0) is 13.7. The van der Waals surface area contributed by atoms with E-state index in [1.807, 2.05) is 20.8 Å². The van der Waals surface area contributed by atoms with Gasteiger partial charge in [0.1, 0.15) is 5.54 Å². The Morgan fingerprint density at radius 1 is 1.00 bits per heavy atom. The van der Waals surface area contributed by atoms with Gasteiger partial charge in [0.05, 0.1) is 25.6 Å². The van der Waals surface area contributed by atoms with Crippen molar-refractivity contribution in [2.45, 2.75) is 32.7 Å². The molecular formula is C10H23NO5S. The van der Waals surface area contributed by atoms with Gasteiger partial charge in [-0.05, 0) is 11.8 Å². The molecule has 0 bridgehead atoms. The molecule has 17 heavy (non-hydrogen) atoms. The second kappa shape index (κ2) is 6.10. The summed E-state index contributed by atoms with van der Waals surface area (Å²) in [5.41, 5.74) is -1.72. The van der Waals surface area contributed by atoms with Gasteiger partial charge in [-0.15, -0.1) is 0 Å². The maximum atomic E-state index is 11.7. The molecule has 0 saturated heterocycles. The van der Waals surface area contributed by atoms with Gasteiger partial charge in [-0.2, -0.15) is 0 Å². The molecule has 0 aromatic heterocycles. The molecule has 4 N–H and O–H groups in total. The first-order valence-electron chi connectivity index (χ1n) is 5.44. The molecule has 0 aliphatic rings. The number of hydrogen-bond donors (Lipinski definition) is 4. The van der Waals surface area contributed by atoms with Crippen LogP contribution in [0.1, 0.15) is 27.2 Å². The quantitative estimate of drug-likeness (QED) is 0.477. The van der Waals surface area contributed by atoms with E-state index < -0.39 is 35.4 Å². The van der Waals surface area contributed by atoms with E-state index in [2.05, 4.69) is 4.72 Å². The number of sulfonamides is 1. The first kappa shape index (κ1) is 16.8. The molecule has 0 atom stereocenters. The summed E-state index contributed by atoms with van der Waals surface area (Å²) >= 11 is 0. The predicted molar refractivity (Wildman–Crippen MR) is 65.0 cm³/mol. The Balaban J connectivity index is 4.63.